The molecule has 1 heterocycles. The Hall–Kier alpha value is -1.51. The zero-order chi connectivity index (χ0) is 12.1. The van der Waals surface area contributed by atoms with Crippen LogP contribution in [0.5, 0.6) is 5.75 Å². The molecule has 1 aromatic carbocycles. The molecule has 0 bridgehead atoms. The first-order chi connectivity index (χ1) is 8.31. The molecule has 1 amide bonds. The lowest BCUT2D eigenvalue weighted by Gasteiger charge is -2.16. The molecule has 3 heteroatoms. The molecule has 0 atom stereocenters. The van der Waals surface area contributed by atoms with Crippen molar-refractivity contribution in [1.29, 1.82) is 0 Å². The number of carbonyl (C=O) groups is 1. The summed E-state index contributed by atoms with van der Waals surface area (Å²) < 4.78 is 5.74. The maximum Gasteiger partial charge on any atom is 0.222 e. The topological polar surface area (TPSA) is 29.5 Å². The van der Waals surface area contributed by atoms with Crippen LogP contribution in [0.1, 0.15) is 25.3 Å². The number of para-hydroxylation sites is 1. The van der Waals surface area contributed by atoms with Crippen LogP contribution in [0.2, 0.25) is 0 Å². The van der Waals surface area contributed by atoms with Gasteiger partial charge in [-0.15, -0.1) is 0 Å². The SMILES string of the molecule is CCc1ccccc1OCCN1CCCC1=O. The van der Waals surface area contributed by atoms with Gasteiger partial charge in [0.05, 0.1) is 6.54 Å². The van der Waals surface area contributed by atoms with Crippen molar-refractivity contribution in [1.82, 2.24) is 4.90 Å². The standard InChI is InChI=1S/C14H19NO2/c1-2-12-6-3-4-7-13(12)17-11-10-15-9-5-8-14(15)16/h3-4,6-7H,2,5,8-11H2,1H3. The minimum Gasteiger partial charge on any atom is -0.491 e. The van der Waals surface area contributed by atoms with Crippen LogP contribution in [0.25, 0.3) is 0 Å². The molecule has 2 rings (SSSR count). The van der Waals surface area contributed by atoms with Crippen molar-refractivity contribution in [3.05, 3.63) is 29.8 Å². The van der Waals surface area contributed by atoms with Crippen LogP contribution in [-0.4, -0.2) is 30.5 Å². The molecule has 0 aliphatic carbocycles. The Labute approximate surface area is 102 Å². The van der Waals surface area contributed by atoms with Crippen LogP contribution in [0.3, 0.4) is 0 Å². The van der Waals surface area contributed by atoms with Gasteiger partial charge in [-0.1, -0.05) is 25.1 Å². The van der Waals surface area contributed by atoms with E-state index in [0.717, 1.165) is 25.1 Å². The average molecular weight is 233 g/mol. The van der Waals surface area contributed by atoms with E-state index in [9.17, 15) is 4.79 Å². The second-order valence-electron chi connectivity index (χ2n) is 4.29. The van der Waals surface area contributed by atoms with Crippen molar-refractivity contribution < 1.29 is 9.53 Å². The zero-order valence-corrected chi connectivity index (χ0v) is 10.3. The molecular formula is C14H19NO2. The summed E-state index contributed by atoms with van der Waals surface area (Å²) in [7, 11) is 0. The molecule has 1 fully saturated rings. The minimum atomic E-state index is 0.261. The fourth-order valence-electron chi connectivity index (χ4n) is 2.14. The van der Waals surface area contributed by atoms with Crippen molar-refractivity contribution in [2.45, 2.75) is 26.2 Å². The summed E-state index contributed by atoms with van der Waals surface area (Å²) in [5.74, 6) is 1.21. The molecule has 92 valence electrons. The van der Waals surface area contributed by atoms with E-state index in [1.807, 2.05) is 23.1 Å². The Morgan fingerprint density at radius 1 is 1.35 bits per heavy atom. The van der Waals surface area contributed by atoms with Crippen LogP contribution in [0.15, 0.2) is 24.3 Å². The van der Waals surface area contributed by atoms with E-state index in [4.69, 9.17) is 4.74 Å². The Morgan fingerprint density at radius 3 is 2.88 bits per heavy atom. The zero-order valence-electron chi connectivity index (χ0n) is 10.3. The maximum atomic E-state index is 11.4. The molecule has 1 aromatic rings. The van der Waals surface area contributed by atoms with Gasteiger partial charge < -0.3 is 9.64 Å². The molecule has 17 heavy (non-hydrogen) atoms. The molecule has 0 aromatic heterocycles. The lowest BCUT2D eigenvalue weighted by Crippen LogP contribution is -2.29. The van der Waals surface area contributed by atoms with E-state index in [2.05, 4.69) is 13.0 Å². The second kappa shape index (κ2) is 5.71. The summed E-state index contributed by atoms with van der Waals surface area (Å²) in [5.41, 5.74) is 1.22. The molecule has 1 aliphatic heterocycles. The quantitative estimate of drug-likeness (QED) is 0.780. The summed E-state index contributed by atoms with van der Waals surface area (Å²) in [6, 6.07) is 8.08. The molecule has 0 radical (unpaired) electrons. The predicted molar refractivity (Wildman–Crippen MR) is 67.1 cm³/mol. The summed E-state index contributed by atoms with van der Waals surface area (Å²) in [6.45, 7) is 4.30. The van der Waals surface area contributed by atoms with Crippen LogP contribution in [-0.2, 0) is 11.2 Å². The summed E-state index contributed by atoms with van der Waals surface area (Å²) in [6.07, 6.45) is 2.66. The van der Waals surface area contributed by atoms with Gasteiger partial charge in [0.2, 0.25) is 5.91 Å². The maximum absolute atomic E-state index is 11.4. The van der Waals surface area contributed by atoms with Crippen molar-refractivity contribution in [3.8, 4) is 5.75 Å². The van der Waals surface area contributed by atoms with Gasteiger partial charge in [0.15, 0.2) is 0 Å². The molecule has 1 saturated heterocycles. The van der Waals surface area contributed by atoms with Crippen LogP contribution in [0.4, 0.5) is 0 Å². The number of carbonyl (C=O) groups excluding carboxylic acids is 1. The molecule has 0 N–H and O–H groups in total. The average Bonchev–Trinajstić information content (AvgIpc) is 2.76. The highest BCUT2D eigenvalue weighted by Crippen LogP contribution is 2.18. The number of nitrogens with zero attached hydrogens (tertiary/aromatic N) is 1. The van der Waals surface area contributed by atoms with E-state index < -0.39 is 0 Å². The number of aryl methyl sites for hydroxylation is 1. The summed E-state index contributed by atoms with van der Waals surface area (Å²) in [5, 5.41) is 0. The van der Waals surface area contributed by atoms with E-state index in [1.54, 1.807) is 0 Å². The largest absolute Gasteiger partial charge is 0.491 e. The van der Waals surface area contributed by atoms with Gasteiger partial charge in [-0.2, -0.15) is 0 Å². The van der Waals surface area contributed by atoms with Crippen LogP contribution < -0.4 is 4.74 Å². The third kappa shape index (κ3) is 2.99. The third-order valence-electron chi connectivity index (χ3n) is 3.14. The highest BCUT2D eigenvalue weighted by molar-refractivity contribution is 5.78. The van der Waals surface area contributed by atoms with Crippen molar-refractivity contribution in [2.24, 2.45) is 0 Å². The Kier molecular flexibility index (Phi) is 4.02. The number of benzene rings is 1. The number of hydrogen-bond donors (Lipinski definition) is 0. The van der Waals surface area contributed by atoms with Crippen molar-refractivity contribution in [2.75, 3.05) is 19.7 Å². The Bertz CT molecular complexity index is 390. The smallest absolute Gasteiger partial charge is 0.222 e. The van der Waals surface area contributed by atoms with Gasteiger partial charge in [-0.3, -0.25) is 4.79 Å². The highest BCUT2D eigenvalue weighted by atomic mass is 16.5. The Morgan fingerprint density at radius 2 is 2.18 bits per heavy atom. The first-order valence-electron chi connectivity index (χ1n) is 6.29. The molecule has 0 saturated carbocycles. The fourth-order valence-corrected chi connectivity index (χ4v) is 2.14. The fraction of sp³-hybridized carbons (Fsp3) is 0.500. The second-order valence-corrected chi connectivity index (χ2v) is 4.29. The highest BCUT2D eigenvalue weighted by Gasteiger charge is 2.19. The third-order valence-corrected chi connectivity index (χ3v) is 3.14. The predicted octanol–water partition coefficient (Wildman–Crippen LogP) is 2.25. The number of ether oxygens (including phenoxy) is 1. The van der Waals surface area contributed by atoms with E-state index in [0.29, 0.717) is 19.6 Å². The van der Waals surface area contributed by atoms with E-state index >= 15 is 0 Å². The summed E-state index contributed by atoms with van der Waals surface area (Å²) in [4.78, 5) is 13.3. The number of amides is 1. The first-order valence-corrected chi connectivity index (χ1v) is 6.29. The van der Waals surface area contributed by atoms with Crippen LogP contribution >= 0.6 is 0 Å². The van der Waals surface area contributed by atoms with Gasteiger partial charge in [0.1, 0.15) is 12.4 Å². The van der Waals surface area contributed by atoms with E-state index in [1.165, 1.54) is 5.56 Å². The molecule has 0 spiro atoms. The monoisotopic (exact) mass is 233 g/mol. The van der Waals surface area contributed by atoms with Gasteiger partial charge in [-0.05, 0) is 24.5 Å². The number of hydrogen-bond acceptors (Lipinski definition) is 2. The molecule has 0 unspecified atom stereocenters. The van der Waals surface area contributed by atoms with Gasteiger partial charge in [0, 0.05) is 13.0 Å². The lowest BCUT2D eigenvalue weighted by molar-refractivity contribution is -0.128. The first kappa shape index (κ1) is 12.0. The van der Waals surface area contributed by atoms with Gasteiger partial charge in [0.25, 0.3) is 0 Å². The molecule has 1 aliphatic rings. The molecule has 3 nitrogen and oxygen atoms in total. The Balaban J connectivity index is 1.83. The van der Waals surface area contributed by atoms with Crippen molar-refractivity contribution >= 4 is 5.91 Å². The molecular weight excluding hydrogens is 214 g/mol. The minimum absolute atomic E-state index is 0.261. The number of rotatable bonds is 5. The van der Waals surface area contributed by atoms with Gasteiger partial charge >= 0.3 is 0 Å². The number of likely N-dealkylation sites (tertiary alicyclic amines) is 1. The summed E-state index contributed by atoms with van der Waals surface area (Å²) >= 11 is 0. The van der Waals surface area contributed by atoms with Crippen molar-refractivity contribution in [3.63, 3.8) is 0 Å². The van der Waals surface area contributed by atoms with E-state index in [-0.39, 0.29) is 5.91 Å². The normalized spacial score (nSPS) is 15.4. The van der Waals surface area contributed by atoms with Crippen LogP contribution in [0, 0.1) is 0 Å². The lowest BCUT2D eigenvalue weighted by atomic mass is 10.1. The van der Waals surface area contributed by atoms with Gasteiger partial charge in [-0.25, -0.2) is 0 Å².